The van der Waals surface area contributed by atoms with Crippen LogP contribution in [0, 0.1) is 0 Å². The van der Waals surface area contributed by atoms with Crippen LogP contribution in [0.3, 0.4) is 0 Å². The molecule has 2 rings (SSSR count). The zero-order valence-electron chi connectivity index (χ0n) is 7.96. The number of hydrogen-bond acceptors (Lipinski definition) is 4. The lowest BCUT2D eigenvalue weighted by Gasteiger charge is -2.02. The van der Waals surface area contributed by atoms with Crippen molar-refractivity contribution in [2.75, 3.05) is 0 Å². The van der Waals surface area contributed by atoms with Gasteiger partial charge >= 0.3 is 0 Å². The third-order valence-corrected chi connectivity index (χ3v) is 1.97. The van der Waals surface area contributed by atoms with Crippen LogP contribution in [0.1, 0.15) is 11.5 Å². The molecule has 0 spiro atoms. The van der Waals surface area contributed by atoms with Crippen molar-refractivity contribution >= 4 is 0 Å². The first-order valence-corrected chi connectivity index (χ1v) is 4.33. The average molecular weight is 192 g/mol. The van der Waals surface area contributed by atoms with E-state index in [0.717, 1.165) is 11.5 Å². The number of imidazole rings is 1. The fourth-order valence-corrected chi connectivity index (χ4v) is 1.27. The van der Waals surface area contributed by atoms with Crippen molar-refractivity contribution in [3.8, 4) is 0 Å². The van der Waals surface area contributed by atoms with Gasteiger partial charge in [-0.15, -0.1) is 0 Å². The van der Waals surface area contributed by atoms with Gasteiger partial charge in [-0.05, 0) is 0 Å². The van der Waals surface area contributed by atoms with E-state index in [1.54, 1.807) is 23.5 Å². The molecule has 0 atom stereocenters. The largest absolute Gasteiger partial charge is 0.326 e. The lowest BCUT2D eigenvalue weighted by Crippen LogP contribution is -2.08. The van der Waals surface area contributed by atoms with Gasteiger partial charge in [-0.3, -0.25) is 4.68 Å². The van der Waals surface area contributed by atoms with E-state index in [1.165, 1.54) is 0 Å². The summed E-state index contributed by atoms with van der Waals surface area (Å²) in [6.07, 6.45) is 5.16. The van der Waals surface area contributed by atoms with Crippen molar-refractivity contribution < 1.29 is 0 Å². The number of hydrogen-bond donors (Lipinski definition) is 1. The lowest BCUT2D eigenvalue weighted by molar-refractivity contribution is 0.679. The van der Waals surface area contributed by atoms with Crippen molar-refractivity contribution in [1.29, 1.82) is 0 Å². The highest BCUT2D eigenvalue weighted by molar-refractivity contribution is 4.99. The fraction of sp³-hybridized carbons (Fsp3) is 0.375. The van der Waals surface area contributed by atoms with Gasteiger partial charge in [0.15, 0.2) is 5.82 Å². The van der Waals surface area contributed by atoms with E-state index >= 15 is 0 Å². The summed E-state index contributed by atoms with van der Waals surface area (Å²) < 4.78 is 3.61. The van der Waals surface area contributed by atoms with Crippen molar-refractivity contribution in [1.82, 2.24) is 24.3 Å². The summed E-state index contributed by atoms with van der Waals surface area (Å²) in [4.78, 5) is 8.15. The van der Waals surface area contributed by atoms with Crippen molar-refractivity contribution in [3.63, 3.8) is 0 Å². The van der Waals surface area contributed by atoms with Crippen molar-refractivity contribution in [3.05, 3.63) is 30.4 Å². The molecule has 2 aromatic heterocycles. The Morgan fingerprint density at radius 1 is 1.43 bits per heavy atom. The highest BCUT2D eigenvalue weighted by atomic mass is 15.3. The molecule has 0 saturated carbocycles. The summed E-state index contributed by atoms with van der Waals surface area (Å²) in [5.74, 6) is 0.764. The Morgan fingerprint density at radius 2 is 2.29 bits per heavy atom. The molecular weight excluding hydrogens is 180 g/mol. The monoisotopic (exact) mass is 192 g/mol. The molecular formula is C8H12N6. The van der Waals surface area contributed by atoms with Crippen LogP contribution in [0.25, 0.3) is 0 Å². The van der Waals surface area contributed by atoms with Gasteiger partial charge in [0, 0.05) is 19.8 Å². The van der Waals surface area contributed by atoms with Crippen LogP contribution in [0.15, 0.2) is 18.9 Å². The zero-order valence-corrected chi connectivity index (χ0v) is 7.96. The standard InChI is InChI=1S/C8H12N6/c1-13-6-11-8(12-13)4-14-5-10-3-7(14)2-9/h3,5-6H,2,4,9H2,1H3. The average Bonchev–Trinajstić information content (AvgIpc) is 2.76. The summed E-state index contributed by atoms with van der Waals surface area (Å²) in [6.45, 7) is 1.10. The Hall–Kier alpha value is -1.69. The maximum atomic E-state index is 5.55. The van der Waals surface area contributed by atoms with E-state index in [2.05, 4.69) is 15.1 Å². The first kappa shape index (κ1) is 8.89. The second-order valence-corrected chi connectivity index (χ2v) is 3.05. The second-order valence-electron chi connectivity index (χ2n) is 3.05. The van der Waals surface area contributed by atoms with E-state index in [0.29, 0.717) is 13.1 Å². The quantitative estimate of drug-likeness (QED) is 0.712. The number of rotatable bonds is 3. The highest BCUT2D eigenvalue weighted by Gasteiger charge is 2.03. The topological polar surface area (TPSA) is 74.5 Å². The van der Waals surface area contributed by atoms with E-state index in [-0.39, 0.29) is 0 Å². The van der Waals surface area contributed by atoms with E-state index in [4.69, 9.17) is 5.73 Å². The van der Waals surface area contributed by atoms with Crippen LogP contribution < -0.4 is 5.73 Å². The third-order valence-electron chi connectivity index (χ3n) is 1.97. The fourth-order valence-electron chi connectivity index (χ4n) is 1.27. The minimum atomic E-state index is 0.479. The van der Waals surface area contributed by atoms with Crippen molar-refractivity contribution in [2.45, 2.75) is 13.1 Å². The number of nitrogens with zero attached hydrogens (tertiary/aromatic N) is 5. The van der Waals surface area contributed by atoms with Gasteiger partial charge in [0.2, 0.25) is 0 Å². The van der Waals surface area contributed by atoms with Gasteiger partial charge in [0.25, 0.3) is 0 Å². The Morgan fingerprint density at radius 3 is 2.93 bits per heavy atom. The number of aryl methyl sites for hydroxylation is 1. The van der Waals surface area contributed by atoms with Crippen LogP contribution >= 0.6 is 0 Å². The van der Waals surface area contributed by atoms with Crippen LogP contribution in [-0.2, 0) is 20.1 Å². The van der Waals surface area contributed by atoms with Gasteiger partial charge in [0.05, 0.1) is 18.6 Å². The number of nitrogens with two attached hydrogens (primary N) is 1. The smallest absolute Gasteiger partial charge is 0.170 e. The molecule has 0 unspecified atom stereocenters. The molecule has 0 aliphatic carbocycles. The molecule has 0 fully saturated rings. The van der Waals surface area contributed by atoms with Gasteiger partial charge in [-0.1, -0.05) is 0 Å². The van der Waals surface area contributed by atoms with Gasteiger partial charge in [0.1, 0.15) is 6.33 Å². The summed E-state index contributed by atoms with van der Waals surface area (Å²) in [5, 5.41) is 4.18. The van der Waals surface area contributed by atoms with E-state index in [1.807, 2.05) is 11.6 Å². The minimum Gasteiger partial charge on any atom is -0.326 e. The van der Waals surface area contributed by atoms with Crippen LogP contribution in [0.2, 0.25) is 0 Å². The molecule has 6 heteroatoms. The predicted octanol–water partition coefficient (Wildman–Crippen LogP) is -0.481. The maximum Gasteiger partial charge on any atom is 0.170 e. The van der Waals surface area contributed by atoms with Gasteiger partial charge < -0.3 is 10.3 Å². The Labute approximate surface area is 81.4 Å². The molecule has 2 N–H and O–H groups in total. The summed E-state index contributed by atoms with van der Waals surface area (Å²) >= 11 is 0. The summed E-state index contributed by atoms with van der Waals surface area (Å²) in [5.41, 5.74) is 6.53. The Bertz CT molecular complexity index is 415. The maximum absolute atomic E-state index is 5.55. The van der Waals surface area contributed by atoms with Crippen LogP contribution in [0.4, 0.5) is 0 Å². The molecule has 6 nitrogen and oxygen atoms in total. The SMILES string of the molecule is Cn1cnc(Cn2cncc2CN)n1. The second kappa shape index (κ2) is 3.59. The number of aromatic nitrogens is 5. The molecule has 2 heterocycles. The van der Waals surface area contributed by atoms with Crippen molar-refractivity contribution in [2.24, 2.45) is 12.8 Å². The van der Waals surface area contributed by atoms with Gasteiger partial charge in [-0.2, -0.15) is 5.10 Å². The minimum absolute atomic E-state index is 0.479. The molecule has 0 aliphatic rings. The van der Waals surface area contributed by atoms with Crippen LogP contribution in [-0.4, -0.2) is 24.3 Å². The molecule has 0 aromatic carbocycles. The molecule has 74 valence electrons. The molecule has 0 radical (unpaired) electrons. The normalized spacial score (nSPS) is 10.7. The zero-order chi connectivity index (χ0) is 9.97. The molecule has 2 aromatic rings. The van der Waals surface area contributed by atoms with E-state index in [9.17, 15) is 0 Å². The molecule has 14 heavy (non-hydrogen) atoms. The van der Waals surface area contributed by atoms with Crippen LogP contribution in [0.5, 0.6) is 0 Å². The molecule has 0 aliphatic heterocycles. The van der Waals surface area contributed by atoms with E-state index < -0.39 is 0 Å². The highest BCUT2D eigenvalue weighted by Crippen LogP contribution is 2.00. The summed E-state index contributed by atoms with van der Waals surface area (Å²) in [7, 11) is 1.84. The first-order valence-electron chi connectivity index (χ1n) is 4.33. The third kappa shape index (κ3) is 1.64. The van der Waals surface area contributed by atoms with Gasteiger partial charge in [-0.25, -0.2) is 9.97 Å². The molecule has 0 amide bonds. The lowest BCUT2D eigenvalue weighted by atomic mass is 10.4. The predicted molar refractivity (Wildman–Crippen MR) is 50.2 cm³/mol. The summed E-state index contributed by atoms with van der Waals surface area (Å²) in [6, 6.07) is 0. The Balaban J connectivity index is 2.18. The first-order chi connectivity index (χ1) is 6.79. The molecule has 0 saturated heterocycles. The molecule has 0 bridgehead atoms. The Kier molecular flexibility index (Phi) is 2.28.